The molecule has 1 heterocycles. The van der Waals surface area contributed by atoms with Crippen LogP contribution in [0.15, 0.2) is 24.3 Å². The van der Waals surface area contributed by atoms with Gasteiger partial charge in [-0.05, 0) is 56.5 Å². The van der Waals surface area contributed by atoms with Gasteiger partial charge in [-0.15, -0.1) is 0 Å². The van der Waals surface area contributed by atoms with Crippen molar-refractivity contribution in [3.8, 4) is 0 Å². The molecular formula is C18H27N3O3. The van der Waals surface area contributed by atoms with Crippen LogP contribution in [0.4, 0.5) is 10.5 Å². The van der Waals surface area contributed by atoms with Crippen LogP contribution < -0.4 is 10.6 Å². The van der Waals surface area contributed by atoms with Crippen molar-refractivity contribution in [2.45, 2.75) is 26.7 Å². The SMILES string of the molecule is CCOC(=O)c1ccc(NC(=O)NCCN2CCC[C@@H](C)C2)cc1. The smallest absolute Gasteiger partial charge is 0.338 e. The molecule has 6 nitrogen and oxygen atoms in total. The zero-order valence-corrected chi connectivity index (χ0v) is 14.5. The molecule has 132 valence electrons. The van der Waals surface area contributed by atoms with Crippen LogP contribution in [0.25, 0.3) is 0 Å². The monoisotopic (exact) mass is 333 g/mol. The number of hydrogen-bond donors (Lipinski definition) is 2. The number of urea groups is 1. The summed E-state index contributed by atoms with van der Waals surface area (Å²) in [5.41, 5.74) is 1.12. The molecule has 6 heteroatoms. The highest BCUT2D eigenvalue weighted by molar-refractivity contribution is 5.92. The molecule has 1 aromatic carbocycles. The topological polar surface area (TPSA) is 70.7 Å². The summed E-state index contributed by atoms with van der Waals surface area (Å²) in [4.78, 5) is 25.9. The molecule has 1 atom stereocenters. The number of esters is 1. The molecule has 24 heavy (non-hydrogen) atoms. The maximum absolute atomic E-state index is 11.9. The van der Waals surface area contributed by atoms with Crippen LogP contribution in [-0.2, 0) is 4.74 Å². The van der Waals surface area contributed by atoms with Gasteiger partial charge in [0.2, 0.25) is 0 Å². The first-order valence-corrected chi connectivity index (χ1v) is 8.63. The Morgan fingerprint density at radius 2 is 2.04 bits per heavy atom. The molecule has 0 radical (unpaired) electrons. The van der Waals surface area contributed by atoms with E-state index in [-0.39, 0.29) is 12.0 Å². The highest BCUT2D eigenvalue weighted by Gasteiger charge is 2.15. The lowest BCUT2D eigenvalue weighted by Crippen LogP contribution is -2.41. The number of rotatable bonds is 6. The minimum Gasteiger partial charge on any atom is -0.462 e. The number of likely N-dealkylation sites (tertiary alicyclic amines) is 1. The third-order valence-corrected chi connectivity index (χ3v) is 4.11. The summed E-state index contributed by atoms with van der Waals surface area (Å²) < 4.78 is 4.92. The number of ether oxygens (including phenoxy) is 1. The first-order valence-electron chi connectivity index (χ1n) is 8.63. The van der Waals surface area contributed by atoms with Gasteiger partial charge in [-0.25, -0.2) is 9.59 Å². The number of nitrogens with one attached hydrogen (secondary N) is 2. The molecule has 0 bridgehead atoms. The number of hydrogen-bond acceptors (Lipinski definition) is 4. The second-order valence-electron chi connectivity index (χ2n) is 6.23. The van der Waals surface area contributed by atoms with Crippen LogP contribution >= 0.6 is 0 Å². The molecule has 2 N–H and O–H groups in total. The summed E-state index contributed by atoms with van der Waals surface area (Å²) in [5.74, 6) is 0.384. The van der Waals surface area contributed by atoms with Crippen molar-refractivity contribution in [3.05, 3.63) is 29.8 Å². The fourth-order valence-corrected chi connectivity index (χ4v) is 2.90. The zero-order valence-electron chi connectivity index (χ0n) is 14.5. The van der Waals surface area contributed by atoms with E-state index < -0.39 is 0 Å². The summed E-state index contributed by atoms with van der Waals surface area (Å²) in [6, 6.07) is 6.44. The van der Waals surface area contributed by atoms with Gasteiger partial charge in [-0.2, -0.15) is 0 Å². The van der Waals surface area contributed by atoms with Gasteiger partial charge < -0.3 is 20.3 Å². The third-order valence-electron chi connectivity index (χ3n) is 4.11. The number of carbonyl (C=O) groups excluding carboxylic acids is 2. The van der Waals surface area contributed by atoms with Gasteiger partial charge in [-0.1, -0.05) is 6.92 Å². The van der Waals surface area contributed by atoms with Crippen LogP contribution in [0.2, 0.25) is 0 Å². The van der Waals surface area contributed by atoms with Gasteiger partial charge in [0.1, 0.15) is 0 Å². The predicted molar refractivity (Wildman–Crippen MR) is 94.3 cm³/mol. The van der Waals surface area contributed by atoms with Crippen molar-refractivity contribution in [3.63, 3.8) is 0 Å². The van der Waals surface area contributed by atoms with Gasteiger partial charge >= 0.3 is 12.0 Å². The van der Waals surface area contributed by atoms with E-state index in [0.29, 0.717) is 24.4 Å². The average molecular weight is 333 g/mol. The molecule has 1 aliphatic heterocycles. The quantitative estimate of drug-likeness (QED) is 0.785. The largest absolute Gasteiger partial charge is 0.462 e. The van der Waals surface area contributed by atoms with E-state index in [9.17, 15) is 9.59 Å². The Hall–Kier alpha value is -2.08. The molecule has 0 aliphatic carbocycles. The van der Waals surface area contributed by atoms with Crippen molar-refractivity contribution in [1.82, 2.24) is 10.2 Å². The lowest BCUT2D eigenvalue weighted by molar-refractivity contribution is 0.0526. The molecule has 2 amide bonds. The van der Waals surface area contributed by atoms with Gasteiger partial charge in [0.15, 0.2) is 0 Å². The maximum Gasteiger partial charge on any atom is 0.338 e. The first-order chi connectivity index (χ1) is 11.6. The molecule has 2 rings (SSSR count). The van der Waals surface area contributed by atoms with E-state index in [1.165, 1.54) is 12.8 Å². The van der Waals surface area contributed by atoms with Crippen LogP contribution in [0, 0.1) is 5.92 Å². The summed E-state index contributed by atoms with van der Waals surface area (Å²) in [7, 11) is 0. The molecule has 1 aliphatic rings. The van der Waals surface area contributed by atoms with E-state index in [0.717, 1.165) is 25.6 Å². The second-order valence-corrected chi connectivity index (χ2v) is 6.23. The van der Waals surface area contributed by atoms with Crippen molar-refractivity contribution in [2.75, 3.05) is 38.1 Å². The Balaban J connectivity index is 1.71. The molecule has 1 saturated heterocycles. The Bertz CT molecular complexity index is 545. The molecule has 0 aromatic heterocycles. The highest BCUT2D eigenvalue weighted by atomic mass is 16.5. The van der Waals surface area contributed by atoms with E-state index in [2.05, 4.69) is 22.5 Å². The van der Waals surface area contributed by atoms with Crippen LogP contribution in [-0.4, -0.2) is 49.7 Å². The standard InChI is InChI=1S/C18H27N3O3/c1-3-24-17(22)15-6-8-16(9-7-15)20-18(23)19-10-12-21-11-4-5-14(2)13-21/h6-9,14H,3-5,10-13H2,1-2H3,(H2,19,20,23)/t14-/m1/s1. The normalized spacial score (nSPS) is 18.0. The van der Waals surface area contributed by atoms with Crippen molar-refractivity contribution >= 4 is 17.7 Å². The van der Waals surface area contributed by atoms with Crippen LogP contribution in [0.5, 0.6) is 0 Å². The average Bonchev–Trinajstić information content (AvgIpc) is 2.56. The van der Waals surface area contributed by atoms with Crippen molar-refractivity contribution in [2.24, 2.45) is 5.92 Å². The fourth-order valence-electron chi connectivity index (χ4n) is 2.90. The number of amides is 2. The molecule has 0 spiro atoms. The number of piperidine rings is 1. The van der Waals surface area contributed by atoms with Crippen LogP contribution in [0.3, 0.4) is 0 Å². The fraction of sp³-hybridized carbons (Fsp3) is 0.556. The Labute approximate surface area is 143 Å². The van der Waals surface area contributed by atoms with E-state index in [4.69, 9.17) is 4.74 Å². The predicted octanol–water partition coefficient (Wildman–Crippen LogP) is 2.72. The lowest BCUT2D eigenvalue weighted by Gasteiger charge is -2.30. The minimum atomic E-state index is -0.357. The lowest BCUT2D eigenvalue weighted by atomic mass is 10.0. The summed E-state index contributed by atoms with van der Waals surface area (Å²) >= 11 is 0. The third kappa shape index (κ3) is 5.85. The molecule has 1 fully saturated rings. The number of anilines is 1. The summed E-state index contributed by atoms with van der Waals surface area (Å²) in [5, 5.41) is 5.63. The summed E-state index contributed by atoms with van der Waals surface area (Å²) in [6.07, 6.45) is 2.53. The second kappa shape index (κ2) is 9.27. The number of nitrogens with zero attached hydrogens (tertiary/aromatic N) is 1. The van der Waals surface area contributed by atoms with E-state index in [1.807, 2.05) is 0 Å². The van der Waals surface area contributed by atoms with Gasteiger partial charge in [0.05, 0.1) is 12.2 Å². The van der Waals surface area contributed by atoms with Crippen LogP contribution in [0.1, 0.15) is 37.0 Å². The molecule has 1 aromatic rings. The highest BCUT2D eigenvalue weighted by Crippen LogP contribution is 2.14. The van der Waals surface area contributed by atoms with Gasteiger partial charge in [0, 0.05) is 25.3 Å². The van der Waals surface area contributed by atoms with Crippen molar-refractivity contribution in [1.29, 1.82) is 0 Å². The Kier molecular flexibility index (Phi) is 7.06. The Morgan fingerprint density at radius 3 is 2.71 bits per heavy atom. The Morgan fingerprint density at radius 1 is 1.29 bits per heavy atom. The van der Waals surface area contributed by atoms with Gasteiger partial charge in [0.25, 0.3) is 0 Å². The molecule has 0 unspecified atom stereocenters. The van der Waals surface area contributed by atoms with E-state index >= 15 is 0 Å². The molecule has 0 saturated carbocycles. The zero-order chi connectivity index (χ0) is 17.4. The van der Waals surface area contributed by atoms with Gasteiger partial charge in [-0.3, -0.25) is 0 Å². The first kappa shape index (κ1) is 18.3. The maximum atomic E-state index is 11.9. The number of carbonyl (C=O) groups is 2. The van der Waals surface area contributed by atoms with E-state index in [1.54, 1.807) is 31.2 Å². The molecular weight excluding hydrogens is 306 g/mol. The number of benzene rings is 1. The van der Waals surface area contributed by atoms with Crippen molar-refractivity contribution < 1.29 is 14.3 Å². The minimum absolute atomic E-state index is 0.232. The summed E-state index contributed by atoms with van der Waals surface area (Å²) in [6.45, 7) is 8.10.